The number of anilines is 1. The summed E-state index contributed by atoms with van der Waals surface area (Å²) in [5, 5.41) is 25.3. The summed E-state index contributed by atoms with van der Waals surface area (Å²) in [6.45, 7) is 2.98. The van der Waals surface area contributed by atoms with Gasteiger partial charge >= 0.3 is 5.97 Å². The quantitative estimate of drug-likeness (QED) is 0.248. The molecule has 194 valence electrons. The van der Waals surface area contributed by atoms with Crippen molar-refractivity contribution in [2.24, 2.45) is 5.92 Å². The molecule has 4 rings (SSSR count). The van der Waals surface area contributed by atoms with Crippen LogP contribution in [0.1, 0.15) is 66.4 Å². The van der Waals surface area contributed by atoms with Crippen LogP contribution in [0, 0.1) is 5.92 Å². The summed E-state index contributed by atoms with van der Waals surface area (Å²) in [4.78, 5) is 33.7. The lowest BCUT2D eigenvalue weighted by Gasteiger charge is -2.32. The van der Waals surface area contributed by atoms with Crippen molar-refractivity contribution in [3.8, 4) is 0 Å². The van der Waals surface area contributed by atoms with Crippen molar-refractivity contribution in [3.63, 3.8) is 0 Å². The van der Waals surface area contributed by atoms with Crippen LogP contribution in [-0.2, 0) is 17.9 Å². The monoisotopic (exact) mass is 496 g/mol. The molecule has 1 amide bonds. The molecule has 1 atom stereocenters. The van der Waals surface area contributed by atoms with Crippen molar-refractivity contribution in [2.45, 2.75) is 70.1 Å². The van der Waals surface area contributed by atoms with Gasteiger partial charge in [-0.3, -0.25) is 14.8 Å². The average molecular weight is 497 g/mol. The van der Waals surface area contributed by atoms with Gasteiger partial charge in [0.1, 0.15) is 6.04 Å². The van der Waals surface area contributed by atoms with E-state index in [0.717, 1.165) is 63.7 Å². The molecule has 0 bridgehead atoms. The molecule has 36 heavy (non-hydrogen) atoms. The Kier molecular flexibility index (Phi) is 9.21. The van der Waals surface area contributed by atoms with E-state index in [9.17, 15) is 14.7 Å². The summed E-state index contributed by atoms with van der Waals surface area (Å²) in [6.07, 6.45) is 10.2. The zero-order valence-corrected chi connectivity index (χ0v) is 20.5. The molecule has 0 radical (unpaired) electrons. The molecule has 1 aromatic carbocycles. The minimum Gasteiger partial charge on any atom is -0.480 e. The lowest BCUT2D eigenvalue weighted by atomic mass is 9.84. The largest absolute Gasteiger partial charge is 0.480 e. The zero-order chi connectivity index (χ0) is 25.3. The van der Waals surface area contributed by atoms with Gasteiger partial charge in [0.25, 0.3) is 5.91 Å². The van der Waals surface area contributed by atoms with Gasteiger partial charge in [0.05, 0.1) is 5.56 Å². The fraction of sp³-hybridized carbons (Fsp3) is 0.538. The van der Waals surface area contributed by atoms with Crippen LogP contribution in [0.3, 0.4) is 0 Å². The summed E-state index contributed by atoms with van der Waals surface area (Å²) in [5.41, 5.74) is 4.08. The molecule has 0 spiro atoms. The van der Waals surface area contributed by atoms with Crippen LogP contribution in [0.5, 0.6) is 0 Å². The van der Waals surface area contributed by atoms with Crippen molar-refractivity contribution in [3.05, 3.63) is 53.3 Å². The van der Waals surface area contributed by atoms with Crippen molar-refractivity contribution in [1.82, 2.24) is 26.1 Å². The fourth-order valence-electron chi connectivity index (χ4n) is 5.14. The number of rotatable bonds is 10. The Hall–Kier alpha value is -3.08. The van der Waals surface area contributed by atoms with Crippen LogP contribution >= 0.6 is 0 Å². The Morgan fingerprint density at radius 1 is 0.944 bits per heavy atom. The summed E-state index contributed by atoms with van der Waals surface area (Å²) in [5.74, 6) is -0.560. The topological polar surface area (TPSA) is 140 Å². The van der Waals surface area contributed by atoms with E-state index < -0.39 is 17.9 Å². The number of benzene rings is 1. The normalized spacial score (nSPS) is 18.1. The molecule has 10 nitrogen and oxygen atoms in total. The number of carboxylic acid groups (broad SMARTS) is 1. The second-order valence-electron chi connectivity index (χ2n) is 9.77. The maximum atomic E-state index is 11.8. The number of hydroxylamine groups is 1. The number of nitrogens with one attached hydrogen (secondary N) is 3. The third kappa shape index (κ3) is 6.99. The van der Waals surface area contributed by atoms with Gasteiger partial charge in [-0.2, -0.15) is 0 Å². The van der Waals surface area contributed by atoms with Gasteiger partial charge in [-0.25, -0.2) is 15.4 Å². The molecule has 2 aromatic rings. The minimum absolute atomic E-state index is 0.213. The summed E-state index contributed by atoms with van der Waals surface area (Å²) in [6, 6.07) is 8.28. The first-order valence-electron chi connectivity index (χ1n) is 12.8. The number of aliphatic carboxylic acids is 1. The number of carboxylic acids is 1. The molecule has 1 aromatic heterocycles. The molecule has 1 saturated carbocycles. The van der Waals surface area contributed by atoms with Crippen molar-refractivity contribution >= 4 is 17.8 Å². The number of aromatic nitrogens is 2. The molecule has 2 fully saturated rings. The SMILES string of the molecule is O=C(NO)c1cnc(N2CCC(NCc3ccc(CN[C@H](C(=O)O)C4CCCCC4)cc3)CC2)nc1. The van der Waals surface area contributed by atoms with Gasteiger partial charge in [0, 0.05) is 44.6 Å². The lowest BCUT2D eigenvalue weighted by molar-refractivity contribution is -0.141. The molecule has 2 heterocycles. The Bertz CT molecular complexity index is 986. The highest BCUT2D eigenvalue weighted by atomic mass is 16.5. The van der Waals surface area contributed by atoms with Crippen LogP contribution in [0.25, 0.3) is 0 Å². The van der Waals surface area contributed by atoms with Gasteiger partial charge in [0.15, 0.2) is 0 Å². The van der Waals surface area contributed by atoms with Crippen LogP contribution in [-0.4, -0.2) is 57.3 Å². The number of hydrogen-bond donors (Lipinski definition) is 5. The third-order valence-electron chi connectivity index (χ3n) is 7.31. The van der Waals surface area contributed by atoms with Crippen LogP contribution < -0.4 is 21.0 Å². The maximum absolute atomic E-state index is 11.8. The second-order valence-corrected chi connectivity index (χ2v) is 9.77. The van der Waals surface area contributed by atoms with E-state index in [-0.39, 0.29) is 11.5 Å². The molecule has 10 heteroatoms. The fourth-order valence-corrected chi connectivity index (χ4v) is 5.14. The van der Waals surface area contributed by atoms with Gasteiger partial charge < -0.3 is 20.6 Å². The van der Waals surface area contributed by atoms with Crippen LogP contribution in [0.2, 0.25) is 0 Å². The molecule has 2 aliphatic rings. The third-order valence-corrected chi connectivity index (χ3v) is 7.31. The number of carbonyl (C=O) groups excluding carboxylic acids is 1. The van der Waals surface area contributed by atoms with Gasteiger partial charge in [-0.05, 0) is 42.7 Å². The van der Waals surface area contributed by atoms with Gasteiger partial charge in [-0.15, -0.1) is 0 Å². The molecular weight excluding hydrogens is 460 g/mol. The predicted octanol–water partition coefficient (Wildman–Crippen LogP) is 2.48. The van der Waals surface area contributed by atoms with Crippen molar-refractivity contribution < 1.29 is 19.9 Å². The van der Waals surface area contributed by atoms with Gasteiger partial charge in [-0.1, -0.05) is 43.5 Å². The molecule has 1 saturated heterocycles. The van der Waals surface area contributed by atoms with E-state index in [4.69, 9.17) is 5.21 Å². The molecule has 1 aliphatic carbocycles. The number of nitrogens with zero attached hydrogens (tertiary/aromatic N) is 3. The van der Waals surface area contributed by atoms with E-state index in [1.165, 1.54) is 24.4 Å². The standard InChI is InChI=1S/C26H36N6O4/c33-24(31-36)21-16-29-26(30-17-21)32-12-10-22(11-13-32)27-14-18-6-8-19(9-7-18)15-28-23(25(34)35)20-4-2-1-3-5-20/h6-9,16-17,20,22-23,27-28,36H,1-5,10-15H2,(H,31,33)(H,34,35)/t23-/m0/s1. The van der Waals surface area contributed by atoms with E-state index in [1.54, 1.807) is 5.48 Å². The molecular formula is C26H36N6O4. The molecule has 0 unspecified atom stereocenters. The Labute approximate surface area is 211 Å². The van der Waals surface area contributed by atoms with E-state index in [2.05, 4.69) is 49.8 Å². The average Bonchev–Trinajstić information content (AvgIpc) is 2.93. The highest BCUT2D eigenvalue weighted by Crippen LogP contribution is 2.27. The summed E-state index contributed by atoms with van der Waals surface area (Å²) < 4.78 is 0. The first-order chi connectivity index (χ1) is 17.5. The smallest absolute Gasteiger partial charge is 0.320 e. The predicted molar refractivity (Wildman–Crippen MR) is 135 cm³/mol. The second kappa shape index (κ2) is 12.8. The van der Waals surface area contributed by atoms with Crippen molar-refractivity contribution in [2.75, 3.05) is 18.0 Å². The van der Waals surface area contributed by atoms with E-state index in [0.29, 0.717) is 18.5 Å². The summed E-state index contributed by atoms with van der Waals surface area (Å²) in [7, 11) is 0. The highest BCUT2D eigenvalue weighted by molar-refractivity contribution is 5.92. The maximum Gasteiger partial charge on any atom is 0.320 e. The minimum atomic E-state index is -0.744. The van der Waals surface area contributed by atoms with E-state index in [1.807, 2.05) is 0 Å². The van der Waals surface area contributed by atoms with E-state index >= 15 is 0 Å². The Morgan fingerprint density at radius 2 is 1.56 bits per heavy atom. The van der Waals surface area contributed by atoms with Gasteiger partial charge in [0.2, 0.25) is 5.95 Å². The number of carbonyl (C=O) groups is 2. The Morgan fingerprint density at radius 3 is 2.14 bits per heavy atom. The number of hydrogen-bond acceptors (Lipinski definition) is 8. The lowest BCUT2D eigenvalue weighted by Crippen LogP contribution is -2.43. The first-order valence-corrected chi connectivity index (χ1v) is 12.8. The molecule has 5 N–H and O–H groups in total. The Balaban J connectivity index is 1.19. The number of amides is 1. The summed E-state index contributed by atoms with van der Waals surface area (Å²) >= 11 is 0. The highest BCUT2D eigenvalue weighted by Gasteiger charge is 2.28. The molecule has 1 aliphatic heterocycles. The van der Waals surface area contributed by atoms with Crippen LogP contribution in [0.4, 0.5) is 5.95 Å². The number of piperidine rings is 1. The zero-order valence-electron chi connectivity index (χ0n) is 20.5. The van der Waals surface area contributed by atoms with Crippen LogP contribution in [0.15, 0.2) is 36.7 Å². The first kappa shape index (κ1) is 26.0. The van der Waals surface area contributed by atoms with Crippen molar-refractivity contribution in [1.29, 1.82) is 0 Å².